The van der Waals surface area contributed by atoms with Crippen LogP contribution < -0.4 is 5.32 Å². The van der Waals surface area contributed by atoms with E-state index in [1.165, 1.54) is 28.9 Å². The summed E-state index contributed by atoms with van der Waals surface area (Å²) >= 11 is 0. The topological polar surface area (TPSA) is 85.5 Å². The maximum Gasteiger partial charge on any atom is 0.417 e. The number of amides is 3. The van der Waals surface area contributed by atoms with E-state index < -0.39 is 29.3 Å². The van der Waals surface area contributed by atoms with Crippen molar-refractivity contribution in [3.63, 3.8) is 0 Å². The molecule has 1 aliphatic heterocycles. The van der Waals surface area contributed by atoms with E-state index in [1.54, 1.807) is 0 Å². The summed E-state index contributed by atoms with van der Waals surface area (Å²) in [6.07, 6.45) is -2.56. The van der Waals surface area contributed by atoms with Gasteiger partial charge in [-0.15, -0.1) is 0 Å². The first-order valence-corrected chi connectivity index (χ1v) is 11.2. The van der Waals surface area contributed by atoms with Crippen molar-refractivity contribution in [3.8, 4) is 0 Å². The van der Waals surface area contributed by atoms with Gasteiger partial charge in [0.2, 0.25) is 11.8 Å². The Balaban J connectivity index is 1.45. The first-order valence-electron chi connectivity index (χ1n) is 11.2. The number of rotatable bonds is 5. The number of halogens is 3. The molecule has 0 radical (unpaired) electrons. The molecular formula is C25H25F3N4O3. The SMILES string of the molecule is CC(=O)NC(Cc1c[nH]c2ccccc12)C(=O)N1CCN(C(=O)c2ccccc2C(F)(F)F)CC1. The molecule has 1 fully saturated rings. The first kappa shape index (κ1) is 24.3. The smallest absolute Gasteiger partial charge is 0.361 e. The van der Waals surface area contributed by atoms with Gasteiger partial charge in [0.1, 0.15) is 6.04 Å². The Hall–Kier alpha value is -3.82. The van der Waals surface area contributed by atoms with Crippen molar-refractivity contribution in [2.24, 2.45) is 0 Å². The molecule has 4 rings (SSSR count). The number of aromatic nitrogens is 1. The predicted octanol–water partition coefficient (Wildman–Crippen LogP) is 3.22. The molecule has 184 valence electrons. The number of H-pyrrole nitrogens is 1. The summed E-state index contributed by atoms with van der Waals surface area (Å²) in [6.45, 7) is 1.84. The van der Waals surface area contributed by atoms with Crippen LogP contribution in [0.5, 0.6) is 0 Å². The van der Waals surface area contributed by atoms with Gasteiger partial charge in [0.05, 0.1) is 11.1 Å². The van der Waals surface area contributed by atoms with Crippen molar-refractivity contribution in [2.45, 2.75) is 25.6 Å². The van der Waals surface area contributed by atoms with Gasteiger partial charge in [0.25, 0.3) is 5.91 Å². The zero-order valence-corrected chi connectivity index (χ0v) is 19.1. The molecule has 1 saturated heterocycles. The minimum atomic E-state index is -4.64. The minimum absolute atomic E-state index is 0.0939. The lowest BCUT2D eigenvalue weighted by Crippen LogP contribution is -2.56. The molecule has 1 aromatic heterocycles. The highest BCUT2D eigenvalue weighted by Crippen LogP contribution is 2.32. The van der Waals surface area contributed by atoms with Gasteiger partial charge >= 0.3 is 6.18 Å². The molecule has 1 aliphatic rings. The standard InChI is InChI=1S/C25H25F3N4O3/c1-16(33)30-22(14-17-15-29-21-9-5-3-6-18(17)21)24(35)32-12-10-31(11-13-32)23(34)19-7-2-4-8-20(19)25(26,27)28/h2-9,15,22,29H,10-14H2,1H3,(H,30,33). The molecule has 10 heteroatoms. The van der Waals surface area contributed by atoms with Crippen molar-refractivity contribution >= 4 is 28.6 Å². The monoisotopic (exact) mass is 486 g/mol. The molecule has 7 nitrogen and oxygen atoms in total. The molecule has 2 N–H and O–H groups in total. The molecule has 2 heterocycles. The van der Waals surface area contributed by atoms with E-state index in [0.717, 1.165) is 28.6 Å². The van der Waals surface area contributed by atoms with Gasteiger partial charge in [0, 0.05) is 56.6 Å². The number of carbonyl (C=O) groups is 3. The van der Waals surface area contributed by atoms with Gasteiger partial charge in [-0.1, -0.05) is 30.3 Å². The lowest BCUT2D eigenvalue weighted by molar-refractivity contribution is -0.138. The van der Waals surface area contributed by atoms with Crippen LogP contribution in [0.1, 0.15) is 28.4 Å². The number of hydrogen-bond donors (Lipinski definition) is 2. The molecule has 0 bridgehead atoms. The number of hydrogen-bond acceptors (Lipinski definition) is 3. The van der Waals surface area contributed by atoms with Crippen LogP contribution in [0.4, 0.5) is 13.2 Å². The lowest BCUT2D eigenvalue weighted by Gasteiger charge is -2.36. The third-order valence-corrected chi connectivity index (χ3v) is 6.12. The van der Waals surface area contributed by atoms with Crippen molar-refractivity contribution in [1.29, 1.82) is 0 Å². The molecule has 35 heavy (non-hydrogen) atoms. The second kappa shape index (κ2) is 9.81. The van der Waals surface area contributed by atoms with E-state index in [-0.39, 0.29) is 44.4 Å². The van der Waals surface area contributed by atoms with Crippen molar-refractivity contribution in [2.75, 3.05) is 26.2 Å². The highest BCUT2D eigenvalue weighted by atomic mass is 19.4. The molecule has 3 amide bonds. The molecule has 0 aliphatic carbocycles. The van der Waals surface area contributed by atoms with Crippen LogP contribution in [-0.2, 0) is 22.2 Å². The number of fused-ring (bicyclic) bond motifs is 1. The minimum Gasteiger partial charge on any atom is -0.361 e. The highest BCUT2D eigenvalue weighted by molar-refractivity contribution is 5.96. The fraction of sp³-hybridized carbons (Fsp3) is 0.320. The van der Waals surface area contributed by atoms with Gasteiger partial charge in [-0.25, -0.2) is 0 Å². The van der Waals surface area contributed by atoms with Crippen molar-refractivity contribution in [1.82, 2.24) is 20.1 Å². The molecule has 2 aromatic carbocycles. The molecule has 0 spiro atoms. The summed E-state index contributed by atoms with van der Waals surface area (Å²) in [7, 11) is 0. The van der Waals surface area contributed by atoms with Gasteiger partial charge < -0.3 is 20.1 Å². The Morgan fingerprint density at radius 3 is 2.29 bits per heavy atom. The Kier molecular flexibility index (Phi) is 6.81. The van der Waals surface area contributed by atoms with Crippen LogP contribution in [0.25, 0.3) is 10.9 Å². The number of benzene rings is 2. The number of carbonyl (C=O) groups excluding carboxylic acids is 3. The van der Waals surface area contributed by atoms with Crippen molar-refractivity contribution in [3.05, 3.63) is 71.4 Å². The highest BCUT2D eigenvalue weighted by Gasteiger charge is 2.37. The third-order valence-electron chi connectivity index (χ3n) is 6.12. The number of para-hydroxylation sites is 1. The van der Waals surface area contributed by atoms with E-state index >= 15 is 0 Å². The summed E-state index contributed by atoms with van der Waals surface area (Å²) in [4.78, 5) is 43.9. The van der Waals surface area contributed by atoms with Gasteiger partial charge in [0.15, 0.2) is 0 Å². The zero-order chi connectivity index (χ0) is 25.2. The molecular weight excluding hydrogens is 461 g/mol. The maximum atomic E-state index is 13.3. The number of piperazine rings is 1. The van der Waals surface area contributed by atoms with Gasteiger partial charge in [-0.2, -0.15) is 13.2 Å². The summed E-state index contributed by atoms with van der Waals surface area (Å²) in [5, 5.41) is 3.67. The van der Waals surface area contributed by atoms with E-state index in [2.05, 4.69) is 10.3 Å². The first-order chi connectivity index (χ1) is 16.6. The lowest BCUT2D eigenvalue weighted by atomic mass is 10.0. The second-order valence-corrected chi connectivity index (χ2v) is 8.48. The van der Waals surface area contributed by atoms with Gasteiger partial charge in [-0.3, -0.25) is 14.4 Å². The summed E-state index contributed by atoms with van der Waals surface area (Å²) < 4.78 is 40.0. The fourth-order valence-corrected chi connectivity index (χ4v) is 4.40. The van der Waals surface area contributed by atoms with Crippen molar-refractivity contribution < 1.29 is 27.6 Å². The largest absolute Gasteiger partial charge is 0.417 e. The Morgan fingerprint density at radius 1 is 0.971 bits per heavy atom. The predicted molar refractivity (Wildman–Crippen MR) is 124 cm³/mol. The number of nitrogens with zero attached hydrogens (tertiary/aromatic N) is 2. The van der Waals surface area contributed by atoms with E-state index in [4.69, 9.17) is 0 Å². The summed E-state index contributed by atoms with van der Waals surface area (Å²) in [5.41, 5.74) is 0.413. The average molecular weight is 486 g/mol. The maximum absolute atomic E-state index is 13.3. The van der Waals surface area contributed by atoms with Crippen LogP contribution in [0.3, 0.4) is 0 Å². The number of nitrogens with one attached hydrogen (secondary N) is 2. The van der Waals surface area contributed by atoms with Crippen LogP contribution in [0.15, 0.2) is 54.7 Å². The van der Waals surface area contributed by atoms with E-state index in [9.17, 15) is 27.6 Å². The number of aromatic amines is 1. The normalized spacial score (nSPS) is 15.2. The van der Waals surface area contributed by atoms with Crippen LogP contribution >= 0.6 is 0 Å². The summed E-state index contributed by atoms with van der Waals surface area (Å²) in [6, 6.07) is 11.5. The fourth-order valence-electron chi connectivity index (χ4n) is 4.40. The van der Waals surface area contributed by atoms with Crippen LogP contribution in [-0.4, -0.2) is 64.7 Å². The Morgan fingerprint density at radius 2 is 1.60 bits per heavy atom. The molecule has 1 atom stereocenters. The molecule has 0 saturated carbocycles. The molecule has 3 aromatic rings. The average Bonchev–Trinajstić information content (AvgIpc) is 3.25. The van der Waals surface area contributed by atoms with E-state index in [1.807, 2.05) is 30.5 Å². The molecule has 1 unspecified atom stereocenters. The van der Waals surface area contributed by atoms with Gasteiger partial charge in [-0.05, 0) is 23.8 Å². The summed E-state index contributed by atoms with van der Waals surface area (Å²) in [5.74, 6) is -1.36. The quantitative estimate of drug-likeness (QED) is 0.581. The third kappa shape index (κ3) is 5.31. The Bertz CT molecular complexity index is 1250. The van der Waals surface area contributed by atoms with Crippen LogP contribution in [0.2, 0.25) is 0 Å². The second-order valence-electron chi connectivity index (χ2n) is 8.48. The Labute approximate surface area is 199 Å². The van der Waals surface area contributed by atoms with Crippen LogP contribution in [0, 0.1) is 0 Å². The zero-order valence-electron chi connectivity index (χ0n) is 19.1. The number of alkyl halides is 3. The van der Waals surface area contributed by atoms with E-state index in [0.29, 0.717) is 0 Å².